The molecule has 3 heteroatoms. The van der Waals surface area contributed by atoms with Gasteiger partial charge in [-0.05, 0) is 0 Å². The Bertz CT molecular complexity index is 61.8. The van der Waals surface area contributed by atoms with Crippen molar-refractivity contribution in [3.8, 4) is 0 Å². The third-order valence-electron chi connectivity index (χ3n) is 0.449. The van der Waals surface area contributed by atoms with Crippen LogP contribution in [0.5, 0.6) is 0 Å². The maximum absolute atomic E-state index is 9.98. The Morgan fingerprint density at radius 1 is 2.00 bits per heavy atom. The summed E-state index contributed by atoms with van der Waals surface area (Å²) in [6.45, 7) is 1.65. The Hall–Kier alpha value is 0.162. The number of hydrogen-bond acceptors (Lipinski definition) is 2. The van der Waals surface area contributed by atoms with Gasteiger partial charge in [-0.3, -0.25) is 0 Å². The Balaban J connectivity index is 3.26. The van der Waals surface area contributed by atoms with Gasteiger partial charge in [-0.25, -0.2) is 0 Å². The number of carbonyl (C=O) groups excluding carboxylic acids is 1. The van der Waals surface area contributed by atoms with Crippen LogP contribution in [0.1, 0.15) is 6.92 Å². The fraction of sp³-hybridized carbons (Fsp3) is 0.667. The summed E-state index contributed by atoms with van der Waals surface area (Å²) in [4.78, 5) is 9.98. The minimum absolute atomic E-state index is 0.0463. The Labute approximate surface area is 45.1 Å². The molecular weight excluding hydrogens is 93.0 g/mol. The van der Waals surface area contributed by atoms with E-state index in [9.17, 15) is 4.79 Å². The molecule has 0 aromatic carbocycles. The van der Waals surface area contributed by atoms with Crippen molar-refractivity contribution in [2.24, 2.45) is 5.73 Å². The molecular formula is C3H6AlNO+2. The van der Waals surface area contributed by atoms with Crippen LogP contribution in [0, 0.1) is 0 Å². The van der Waals surface area contributed by atoms with E-state index in [0.717, 1.165) is 0 Å². The first kappa shape index (κ1) is 6.16. The van der Waals surface area contributed by atoms with E-state index in [1.807, 2.05) is 16.3 Å². The van der Waals surface area contributed by atoms with Gasteiger partial charge in [-0.1, -0.05) is 0 Å². The van der Waals surface area contributed by atoms with E-state index < -0.39 is 0 Å². The fourth-order valence-corrected chi connectivity index (χ4v) is 0. The number of rotatable bonds is 1. The van der Waals surface area contributed by atoms with Gasteiger partial charge in [0.15, 0.2) is 0 Å². The van der Waals surface area contributed by atoms with Crippen LogP contribution in [-0.4, -0.2) is 27.0 Å². The van der Waals surface area contributed by atoms with Crippen LogP contribution in [-0.2, 0) is 4.79 Å². The van der Waals surface area contributed by atoms with Crippen LogP contribution in [0.15, 0.2) is 0 Å². The van der Waals surface area contributed by atoms with Crippen molar-refractivity contribution in [2.75, 3.05) is 0 Å². The molecule has 0 fully saturated rings. The molecule has 0 heterocycles. The Kier molecular flexibility index (Phi) is 2.42. The molecule has 0 saturated carbocycles. The van der Waals surface area contributed by atoms with Crippen molar-refractivity contribution in [1.82, 2.24) is 0 Å². The summed E-state index contributed by atoms with van der Waals surface area (Å²) in [6, 6.07) is -0.324. The molecule has 0 aromatic heterocycles. The van der Waals surface area contributed by atoms with E-state index >= 15 is 0 Å². The van der Waals surface area contributed by atoms with Crippen LogP contribution in [0.4, 0.5) is 0 Å². The second-order valence-electron chi connectivity index (χ2n) is 1.19. The van der Waals surface area contributed by atoms with E-state index in [-0.39, 0.29) is 10.7 Å². The predicted octanol–water partition coefficient (Wildman–Crippen LogP) is -0.971. The molecule has 0 rings (SSSR count). The van der Waals surface area contributed by atoms with Gasteiger partial charge in [0.2, 0.25) is 0 Å². The number of hydrogen-bond donors (Lipinski definition) is 1. The Morgan fingerprint density at radius 3 is 2.17 bits per heavy atom. The van der Waals surface area contributed by atoms with Gasteiger partial charge in [-0.2, -0.15) is 0 Å². The van der Waals surface area contributed by atoms with Crippen molar-refractivity contribution in [3.63, 3.8) is 0 Å². The normalized spacial score (nSPS) is 14.0. The summed E-state index contributed by atoms with van der Waals surface area (Å²) >= 11 is 2.01. The van der Waals surface area contributed by atoms with Crippen LogP contribution < -0.4 is 5.73 Å². The van der Waals surface area contributed by atoms with Crippen molar-refractivity contribution < 1.29 is 4.79 Å². The maximum atomic E-state index is 9.98. The number of nitrogens with two attached hydrogens (primary N) is 1. The molecule has 0 radical (unpaired) electrons. The molecule has 2 nitrogen and oxygen atoms in total. The van der Waals surface area contributed by atoms with Gasteiger partial charge in [-0.15, -0.1) is 0 Å². The van der Waals surface area contributed by atoms with Gasteiger partial charge in [0, 0.05) is 0 Å². The van der Waals surface area contributed by atoms with Gasteiger partial charge in [0.25, 0.3) is 0 Å². The van der Waals surface area contributed by atoms with Crippen LogP contribution in [0.3, 0.4) is 0 Å². The molecule has 0 saturated heterocycles. The predicted molar refractivity (Wildman–Crippen MR) is 24.4 cm³/mol. The van der Waals surface area contributed by atoms with Gasteiger partial charge < -0.3 is 0 Å². The summed E-state index contributed by atoms with van der Waals surface area (Å²) < 4.78 is -0.0463. The SMILES string of the molecule is CC(N)[C](=O)[Al+2]. The zero-order valence-electron chi connectivity index (χ0n) is 3.64. The zero-order valence-corrected chi connectivity index (χ0v) is 4.79. The summed E-state index contributed by atoms with van der Waals surface area (Å²) in [5, 5.41) is 0. The summed E-state index contributed by atoms with van der Waals surface area (Å²) in [7, 11) is 0. The Morgan fingerprint density at radius 2 is 2.17 bits per heavy atom. The topological polar surface area (TPSA) is 43.1 Å². The molecule has 0 aliphatic rings. The van der Waals surface area contributed by atoms with Gasteiger partial charge in [0.05, 0.1) is 0 Å². The van der Waals surface area contributed by atoms with Crippen molar-refractivity contribution in [2.45, 2.75) is 13.0 Å². The molecule has 0 bridgehead atoms. The zero-order chi connectivity index (χ0) is 5.15. The van der Waals surface area contributed by atoms with Crippen molar-refractivity contribution in [3.05, 3.63) is 0 Å². The van der Waals surface area contributed by atoms with Crippen molar-refractivity contribution in [1.29, 1.82) is 0 Å². The standard InChI is InChI=1S/C3H6NO.Al/c1-3(4)2-5;/h3H,4H2,1H3;/q;+2. The molecule has 0 spiro atoms. The van der Waals surface area contributed by atoms with E-state index in [1.54, 1.807) is 6.92 Å². The summed E-state index contributed by atoms with van der Waals surface area (Å²) in [5.41, 5.74) is 5.06. The summed E-state index contributed by atoms with van der Waals surface area (Å²) in [5.74, 6) is 0. The van der Waals surface area contributed by atoms with E-state index in [4.69, 9.17) is 5.73 Å². The average molecular weight is 99.1 g/mol. The summed E-state index contributed by atoms with van der Waals surface area (Å²) in [6.07, 6.45) is 0. The van der Waals surface area contributed by atoms with Crippen LogP contribution in [0.2, 0.25) is 0 Å². The first-order chi connectivity index (χ1) is 2.64. The molecule has 0 aliphatic heterocycles. The number of carbonyl (C=O) groups is 1. The molecule has 1 atom stereocenters. The van der Waals surface area contributed by atoms with Crippen molar-refractivity contribution >= 4 is 20.9 Å². The first-order valence-electron chi connectivity index (χ1n) is 1.69. The first-order valence-corrected chi connectivity index (χ1v) is 2.27. The average Bonchev–Trinajstić information content (AvgIpc) is 1.36. The van der Waals surface area contributed by atoms with E-state index in [1.165, 1.54) is 0 Å². The molecule has 0 aromatic rings. The molecule has 6 heavy (non-hydrogen) atoms. The fourth-order valence-electron chi connectivity index (χ4n) is 0. The second-order valence-corrected chi connectivity index (χ2v) is 1.76. The van der Waals surface area contributed by atoms with E-state index in [2.05, 4.69) is 0 Å². The van der Waals surface area contributed by atoms with Gasteiger partial charge >= 0.3 is 44.4 Å². The van der Waals surface area contributed by atoms with E-state index in [0.29, 0.717) is 0 Å². The molecule has 2 N–H and O–H groups in total. The molecule has 30 valence electrons. The van der Waals surface area contributed by atoms with Gasteiger partial charge in [0.1, 0.15) is 0 Å². The van der Waals surface area contributed by atoms with Crippen LogP contribution in [0.25, 0.3) is 0 Å². The monoisotopic (exact) mass is 99.0 g/mol. The molecule has 0 amide bonds. The third kappa shape index (κ3) is 2.40. The molecule has 1 unspecified atom stereocenters. The third-order valence-corrected chi connectivity index (χ3v) is 0.975. The second kappa shape index (κ2) is 2.36. The minimum atomic E-state index is -0.324. The van der Waals surface area contributed by atoms with Crippen LogP contribution >= 0.6 is 0 Å². The quantitative estimate of drug-likeness (QED) is 0.430. The molecule has 0 aliphatic carbocycles.